The third-order valence-corrected chi connectivity index (χ3v) is 5.04. The highest BCUT2D eigenvalue weighted by Gasteiger charge is 2.25. The van der Waals surface area contributed by atoms with Gasteiger partial charge in [0.05, 0.1) is 0 Å². The molecule has 2 fully saturated rings. The zero-order valence-corrected chi connectivity index (χ0v) is 13.5. The molecule has 0 spiro atoms. The molecule has 0 aromatic heterocycles. The summed E-state index contributed by atoms with van der Waals surface area (Å²) < 4.78 is 0. The molecule has 3 nitrogen and oxygen atoms in total. The summed E-state index contributed by atoms with van der Waals surface area (Å²) in [4.78, 5) is 14.0. The Morgan fingerprint density at radius 3 is 2.50 bits per heavy atom. The molecular weight excluding hydrogens is 248 g/mol. The van der Waals surface area contributed by atoms with Gasteiger partial charge in [0.25, 0.3) is 0 Å². The van der Waals surface area contributed by atoms with E-state index in [4.69, 9.17) is 0 Å². The fourth-order valence-corrected chi connectivity index (χ4v) is 3.75. The van der Waals surface area contributed by atoms with Crippen molar-refractivity contribution < 1.29 is 4.79 Å². The standard InChI is InChI=1S/C17H32N2O/c1-13(2)17(20)19-9-7-16(8-10-19)18-12-15-6-4-5-14(3)11-15/h13-16,18H,4-12H2,1-3H3. The zero-order valence-electron chi connectivity index (χ0n) is 13.5. The number of piperidine rings is 1. The second-order valence-corrected chi connectivity index (χ2v) is 7.30. The largest absolute Gasteiger partial charge is 0.342 e. The topological polar surface area (TPSA) is 32.3 Å². The number of rotatable bonds is 4. The minimum Gasteiger partial charge on any atom is -0.342 e. The summed E-state index contributed by atoms with van der Waals surface area (Å²) in [5, 5.41) is 3.76. The van der Waals surface area contributed by atoms with E-state index in [1.165, 1.54) is 32.2 Å². The Kier molecular flexibility index (Phi) is 5.88. The fraction of sp³-hybridized carbons (Fsp3) is 0.941. The highest BCUT2D eigenvalue weighted by Crippen LogP contribution is 2.28. The lowest BCUT2D eigenvalue weighted by atomic mass is 9.82. The van der Waals surface area contributed by atoms with E-state index in [1.807, 2.05) is 18.7 Å². The highest BCUT2D eigenvalue weighted by atomic mass is 16.2. The number of hydrogen-bond acceptors (Lipinski definition) is 2. The van der Waals surface area contributed by atoms with Crippen LogP contribution in [0.15, 0.2) is 0 Å². The van der Waals surface area contributed by atoms with E-state index in [-0.39, 0.29) is 5.92 Å². The number of carbonyl (C=O) groups is 1. The Balaban J connectivity index is 1.65. The van der Waals surface area contributed by atoms with Gasteiger partial charge in [-0.1, -0.05) is 33.6 Å². The van der Waals surface area contributed by atoms with Crippen LogP contribution in [0.5, 0.6) is 0 Å². The predicted octanol–water partition coefficient (Wildman–Crippen LogP) is 3.05. The first-order valence-electron chi connectivity index (χ1n) is 8.58. The molecule has 3 heteroatoms. The monoisotopic (exact) mass is 280 g/mol. The molecule has 0 aromatic rings. The molecule has 1 aliphatic heterocycles. The maximum absolute atomic E-state index is 12.0. The molecule has 0 radical (unpaired) electrons. The summed E-state index contributed by atoms with van der Waals surface area (Å²) in [5.41, 5.74) is 0. The lowest BCUT2D eigenvalue weighted by molar-refractivity contribution is -0.135. The van der Waals surface area contributed by atoms with Gasteiger partial charge in [0.1, 0.15) is 0 Å². The SMILES string of the molecule is CC1CCCC(CNC2CCN(C(=O)C(C)C)CC2)C1. The van der Waals surface area contributed by atoms with Crippen molar-refractivity contribution in [2.24, 2.45) is 17.8 Å². The van der Waals surface area contributed by atoms with Crippen LogP contribution in [0.4, 0.5) is 0 Å². The molecule has 1 amide bonds. The first-order valence-corrected chi connectivity index (χ1v) is 8.58. The van der Waals surface area contributed by atoms with Crippen LogP contribution in [0.1, 0.15) is 59.3 Å². The molecule has 1 saturated heterocycles. The minimum atomic E-state index is 0.142. The fourth-order valence-electron chi connectivity index (χ4n) is 3.75. The molecule has 0 bridgehead atoms. The average Bonchev–Trinajstić information content (AvgIpc) is 2.45. The van der Waals surface area contributed by atoms with Crippen molar-refractivity contribution in [3.05, 3.63) is 0 Å². The van der Waals surface area contributed by atoms with Gasteiger partial charge in [-0.05, 0) is 44.1 Å². The summed E-state index contributed by atoms with van der Waals surface area (Å²) in [6.07, 6.45) is 7.89. The molecule has 0 aromatic carbocycles. The van der Waals surface area contributed by atoms with Crippen molar-refractivity contribution in [1.29, 1.82) is 0 Å². The summed E-state index contributed by atoms with van der Waals surface area (Å²) in [6.45, 7) is 9.45. The van der Waals surface area contributed by atoms with Gasteiger partial charge in [-0.15, -0.1) is 0 Å². The molecule has 20 heavy (non-hydrogen) atoms. The Hall–Kier alpha value is -0.570. The minimum absolute atomic E-state index is 0.142. The van der Waals surface area contributed by atoms with Crippen LogP contribution in [0, 0.1) is 17.8 Å². The van der Waals surface area contributed by atoms with Crippen LogP contribution in [-0.2, 0) is 4.79 Å². The van der Waals surface area contributed by atoms with Crippen LogP contribution in [0.25, 0.3) is 0 Å². The van der Waals surface area contributed by atoms with E-state index in [0.29, 0.717) is 11.9 Å². The molecule has 1 heterocycles. The number of amides is 1. The van der Waals surface area contributed by atoms with Crippen molar-refractivity contribution in [3.63, 3.8) is 0 Å². The number of nitrogens with zero attached hydrogens (tertiary/aromatic N) is 1. The molecule has 116 valence electrons. The van der Waals surface area contributed by atoms with Gasteiger partial charge in [-0.2, -0.15) is 0 Å². The van der Waals surface area contributed by atoms with Gasteiger partial charge in [0.2, 0.25) is 5.91 Å². The van der Waals surface area contributed by atoms with E-state index in [9.17, 15) is 4.79 Å². The van der Waals surface area contributed by atoms with Crippen molar-refractivity contribution in [3.8, 4) is 0 Å². The van der Waals surface area contributed by atoms with E-state index in [0.717, 1.165) is 37.8 Å². The summed E-state index contributed by atoms with van der Waals surface area (Å²) in [5.74, 6) is 2.27. The van der Waals surface area contributed by atoms with Crippen LogP contribution in [0.3, 0.4) is 0 Å². The second-order valence-electron chi connectivity index (χ2n) is 7.30. The lowest BCUT2D eigenvalue weighted by Crippen LogP contribution is -2.47. The van der Waals surface area contributed by atoms with Crippen LogP contribution >= 0.6 is 0 Å². The quantitative estimate of drug-likeness (QED) is 0.858. The number of carbonyl (C=O) groups excluding carboxylic acids is 1. The van der Waals surface area contributed by atoms with Crippen molar-refractivity contribution in [2.45, 2.75) is 65.3 Å². The Bertz CT molecular complexity index is 308. The van der Waals surface area contributed by atoms with Gasteiger partial charge in [-0.25, -0.2) is 0 Å². The molecule has 2 unspecified atom stereocenters. The summed E-state index contributed by atoms with van der Waals surface area (Å²) >= 11 is 0. The first kappa shape index (κ1) is 15.8. The second kappa shape index (κ2) is 7.44. The van der Waals surface area contributed by atoms with E-state index in [1.54, 1.807) is 0 Å². The number of nitrogens with one attached hydrogen (secondary N) is 1. The van der Waals surface area contributed by atoms with E-state index < -0.39 is 0 Å². The maximum atomic E-state index is 12.0. The van der Waals surface area contributed by atoms with Crippen molar-refractivity contribution in [1.82, 2.24) is 10.2 Å². The Labute approximate surface area is 124 Å². The molecular formula is C17H32N2O. The van der Waals surface area contributed by atoms with E-state index >= 15 is 0 Å². The molecule has 1 saturated carbocycles. The van der Waals surface area contributed by atoms with Crippen molar-refractivity contribution in [2.75, 3.05) is 19.6 Å². The highest BCUT2D eigenvalue weighted by molar-refractivity contribution is 5.78. The molecule has 2 aliphatic rings. The van der Waals surface area contributed by atoms with Crippen LogP contribution in [0.2, 0.25) is 0 Å². The molecule has 2 atom stereocenters. The Morgan fingerprint density at radius 1 is 1.20 bits per heavy atom. The normalized spacial score (nSPS) is 28.9. The van der Waals surface area contributed by atoms with Crippen molar-refractivity contribution >= 4 is 5.91 Å². The Morgan fingerprint density at radius 2 is 1.90 bits per heavy atom. The lowest BCUT2D eigenvalue weighted by Gasteiger charge is -2.35. The average molecular weight is 280 g/mol. The summed E-state index contributed by atoms with van der Waals surface area (Å²) in [6, 6.07) is 0.628. The van der Waals surface area contributed by atoms with Crippen LogP contribution in [-0.4, -0.2) is 36.5 Å². The smallest absolute Gasteiger partial charge is 0.225 e. The molecule has 1 aliphatic carbocycles. The summed E-state index contributed by atoms with van der Waals surface area (Å²) in [7, 11) is 0. The van der Waals surface area contributed by atoms with Gasteiger partial charge >= 0.3 is 0 Å². The van der Waals surface area contributed by atoms with E-state index in [2.05, 4.69) is 12.2 Å². The first-order chi connectivity index (χ1) is 9.56. The zero-order chi connectivity index (χ0) is 14.5. The van der Waals surface area contributed by atoms with Gasteiger partial charge < -0.3 is 10.2 Å². The van der Waals surface area contributed by atoms with Crippen LogP contribution < -0.4 is 5.32 Å². The number of likely N-dealkylation sites (tertiary alicyclic amines) is 1. The number of hydrogen-bond donors (Lipinski definition) is 1. The third kappa shape index (κ3) is 4.47. The molecule has 2 rings (SSSR count). The third-order valence-electron chi connectivity index (χ3n) is 5.04. The van der Waals surface area contributed by atoms with Gasteiger partial charge in [0, 0.05) is 25.0 Å². The van der Waals surface area contributed by atoms with Gasteiger partial charge in [0.15, 0.2) is 0 Å². The van der Waals surface area contributed by atoms with Gasteiger partial charge in [-0.3, -0.25) is 4.79 Å². The molecule has 1 N–H and O–H groups in total. The predicted molar refractivity (Wildman–Crippen MR) is 83.6 cm³/mol. The maximum Gasteiger partial charge on any atom is 0.225 e.